The number of aliphatic hydroxyl groups excluding tert-OH is 1. The van der Waals surface area contributed by atoms with Crippen molar-refractivity contribution in [1.29, 1.82) is 0 Å². The zero-order valence-electron chi connectivity index (χ0n) is 27.0. The molecule has 5 atom stereocenters. The van der Waals surface area contributed by atoms with Gasteiger partial charge in [-0.1, -0.05) is 105 Å². The standard InChI is InChI=1S/C37H47ClN4O4/c1-4-26(2)37(41-27(3)43)20-21-42(36(37)46)33(19-18-28-12-7-5-8-13-28)35(45)40-32(23-29-14-9-6-10-15-29)34(44)25-39-24-30-16-11-17-31(38)22-30/h5-17,22,26,32-34,39,44H,4,18-21,23-25H2,1-3H3,(H,40,45)(H,41,43)/t26-,32-,33-,34+,37-/m0/s1. The highest BCUT2D eigenvalue weighted by molar-refractivity contribution is 6.30. The molecule has 0 spiro atoms. The summed E-state index contributed by atoms with van der Waals surface area (Å²) < 4.78 is 0. The van der Waals surface area contributed by atoms with Crippen LogP contribution < -0.4 is 16.0 Å². The lowest BCUT2D eigenvalue weighted by Gasteiger charge is -2.36. The molecule has 9 heteroatoms. The lowest BCUT2D eigenvalue weighted by Crippen LogP contribution is -2.60. The van der Waals surface area contributed by atoms with Crippen LogP contribution in [0.4, 0.5) is 0 Å². The van der Waals surface area contributed by atoms with Crippen LogP contribution in [0.15, 0.2) is 84.9 Å². The van der Waals surface area contributed by atoms with Gasteiger partial charge < -0.3 is 26.0 Å². The molecular weight excluding hydrogens is 600 g/mol. The Labute approximate surface area is 277 Å². The largest absolute Gasteiger partial charge is 0.390 e. The van der Waals surface area contributed by atoms with Crippen LogP contribution in [-0.2, 0) is 33.8 Å². The Kier molecular flexibility index (Phi) is 12.8. The maximum absolute atomic E-state index is 14.3. The van der Waals surface area contributed by atoms with E-state index < -0.39 is 23.7 Å². The summed E-state index contributed by atoms with van der Waals surface area (Å²) in [6, 6.07) is 25.7. The van der Waals surface area contributed by atoms with E-state index in [0.717, 1.165) is 16.7 Å². The fourth-order valence-electron chi connectivity index (χ4n) is 6.38. The molecule has 1 saturated heterocycles. The summed E-state index contributed by atoms with van der Waals surface area (Å²) in [5.74, 6) is -0.919. The molecule has 0 bridgehead atoms. The van der Waals surface area contributed by atoms with Crippen molar-refractivity contribution < 1.29 is 19.5 Å². The van der Waals surface area contributed by atoms with Gasteiger partial charge in [-0.25, -0.2) is 0 Å². The van der Waals surface area contributed by atoms with Crippen LogP contribution in [0.2, 0.25) is 5.02 Å². The highest BCUT2D eigenvalue weighted by Gasteiger charge is 2.53. The lowest BCUT2D eigenvalue weighted by atomic mass is 9.81. The molecule has 4 rings (SSSR count). The Balaban J connectivity index is 1.56. The number of aryl methyl sites for hydroxylation is 1. The number of hydrogen-bond donors (Lipinski definition) is 4. The molecule has 0 aliphatic carbocycles. The third kappa shape index (κ3) is 9.18. The topological polar surface area (TPSA) is 111 Å². The van der Waals surface area contributed by atoms with Crippen molar-refractivity contribution in [2.24, 2.45) is 5.92 Å². The first-order valence-corrected chi connectivity index (χ1v) is 16.6. The molecule has 3 aromatic rings. The molecule has 46 heavy (non-hydrogen) atoms. The molecular formula is C37H47ClN4O4. The van der Waals surface area contributed by atoms with Gasteiger partial charge in [0.05, 0.1) is 12.1 Å². The Morgan fingerprint density at radius 3 is 2.26 bits per heavy atom. The smallest absolute Gasteiger partial charge is 0.249 e. The first-order chi connectivity index (χ1) is 22.1. The van der Waals surface area contributed by atoms with Gasteiger partial charge in [-0.05, 0) is 60.4 Å². The molecule has 0 aromatic heterocycles. The summed E-state index contributed by atoms with van der Waals surface area (Å²) in [5, 5.41) is 21.4. The fraction of sp³-hybridized carbons (Fsp3) is 0.432. The Hall–Kier alpha value is -3.72. The number of nitrogens with zero attached hydrogens (tertiary/aromatic N) is 1. The van der Waals surface area contributed by atoms with Crippen LogP contribution in [0.3, 0.4) is 0 Å². The molecule has 0 unspecified atom stereocenters. The van der Waals surface area contributed by atoms with E-state index in [2.05, 4.69) is 16.0 Å². The van der Waals surface area contributed by atoms with Gasteiger partial charge >= 0.3 is 0 Å². The number of rotatable bonds is 16. The quantitative estimate of drug-likeness (QED) is 0.181. The number of benzene rings is 3. The Bertz CT molecular complexity index is 1440. The van der Waals surface area contributed by atoms with Gasteiger partial charge in [0.2, 0.25) is 17.7 Å². The van der Waals surface area contributed by atoms with Crippen molar-refractivity contribution in [1.82, 2.24) is 20.9 Å². The average molecular weight is 647 g/mol. The van der Waals surface area contributed by atoms with Gasteiger partial charge in [0.15, 0.2) is 0 Å². The van der Waals surface area contributed by atoms with Gasteiger partial charge in [-0.2, -0.15) is 0 Å². The second-order valence-corrected chi connectivity index (χ2v) is 12.8. The molecule has 4 N–H and O–H groups in total. The minimum atomic E-state index is -1.06. The third-order valence-corrected chi connectivity index (χ3v) is 9.37. The fourth-order valence-corrected chi connectivity index (χ4v) is 6.59. The molecule has 1 aliphatic heterocycles. The van der Waals surface area contributed by atoms with E-state index >= 15 is 0 Å². The normalized spacial score (nSPS) is 18.9. The van der Waals surface area contributed by atoms with Gasteiger partial charge in [0, 0.05) is 31.6 Å². The molecule has 0 saturated carbocycles. The first kappa shape index (κ1) is 35.1. The monoisotopic (exact) mass is 646 g/mol. The van der Waals surface area contributed by atoms with Crippen molar-refractivity contribution in [2.75, 3.05) is 13.1 Å². The van der Waals surface area contributed by atoms with E-state index in [0.29, 0.717) is 50.2 Å². The van der Waals surface area contributed by atoms with Gasteiger partial charge in [0.25, 0.3) is 0 Å². The lowest BCUT2D eigenvalue weighted by molar-refractivity contribution is -0.144. The Morgan fingerprint density at radius 1 is 0.978 bits per heavy atom. The minimum Gasteiger partial charge on any atom is -0.390 e. The molecule has 1 fully saturated rings. The number of carbonyl (C=O) groups excluding carboxylic acids is 3. The summed E-state index contributed by atoms with van der Waals surface area (Å²) in [4.78, 5) is 42.4. The van der Waals surface area contributed by atoms with Crippen LogP contribution in [0, 0.1) is 5.92 Å². The maximum Gasteiger partial charge on any atom is 0.249 e. The van der Waals surface area contributed by atoms with Gasteiger partial charge in [-0.15, -0.1) is 0 Å². The predicted octanol–water partition coefficient (Wildman–Crippen LogP) is 4.67. The molecule has 1 aliphatic rings. The summed E-state index contributed by atoms with van der Waals surface area (Å²) in [6.45, 7) is 6.49. The highest BCUT2D eigenvalue weighted by Crippen LogP contribution is 2.34. The zero-order valence-corrected chi connectivity index (χ0v) is 27.8. The number of amides is 3. The maximum atomic E-state index is 14.3. The molecule has 8 nitrogen and oxygen atoms in total. The van der Waals surface area contributed by atoms with Crippen LogP contribution in [0.5, 0.6) is 0 Å². The van der Waals surface area contributed by atoms with Gasteiger partial charge in [0.1, 0.15) is 11.6 Å². The van der Waals surface area contributed by atoms with Crippen LogP contribution in [0.25, 0.3) is 0 Å². The molecule has 3 amide bonds. The van der Waals surface area contributed by atoms with Crippen LogP contribution in [0.1, 0.15) is 56.7 Å². The van der Waals surface area contributed by atoms with E-state index in [-0.39, 0.29) is 30.2 Å². The molecule has 3 aromatic carbocycles. The van der Waals surface area contributed by atoms with E-state index in [4.69, 9.17) is 11.6 Å². The SMILES string of the molecule is CC[C@H](C)[C@@]1(NC(C)=O)CCN([C@@H](CCc2ccccc2)C(=O)N[C@@H](Cc2ccccc2)[C@H](O)CNCc2cccc(Cl)c2)C1=O. The van der Waals surface area contributed by atoms with Crippen LogP contribution >= 0.6 is 11.6 Å². The Morgan fingerprint density at radius 2 is 1.63 bits per heavy atom. The third-order valence-electron chi connectivity index (χ3n) is 9.13. The minimum absolute atomic E-state index is 0.107. The van der Waals surface area contributed by atoms with Crippen molar-refractivity contribution in [3.63, 3.8) is 0 Å². The number of nitrogens with one attached hydrogen (secondary N) is 3. The molecule has 246 valence electrons. The van der Waals surface area contributed by atoms with Crippen molar-refractivity contribution >= 4 is 29.3 Å². The second kappa shape index (κ2) is 16.7. The average Bonchev–Trinajstić information content (AvgIpc) is 3.36. The molecule has 1 heterocycles. The summed E-state index contributed by atoms with van der Waals surface area (Å²) in [5.41, 5.74) is 1.97. The summed E-state index contributed by atoms with van der Waals surface area (Å²) in [7, 11) is 0. The first-order valence-electron chi connectivity index (χ1n) is 16.2. The predicted molar refractivity (Wildman–Crippen MR) is 182 cm³/mol. The summed E-state index contributed by atoms with van der Waals surface area (Å²) in [6.07, 6.45) is 1.62. The summed E-state index contributed by atoms with van der Waals surface area (Å²) >= 11 is 6.14. The number of hydrogen-bond acceptors (Lipinski definition) is 5. The number of likely N-dealkylation sites (tertiary alicyclic amines) is 1. The van der Waals surface area contributed by atoms with E-state index in [1.165, 1.54) is 6.92 Å². The van der Waals surface area contributed by atoms with E-state index in [1.54, 1.807) is 4.90 Å². The van der Waals surface area contributed by atoms with Gasteiger partial charge in [-0.3, -0.25) is 14.4 Å². The molecule has 0 radical (unpaired) electrons. The van der Waals surface area contributed by atoms with E-state index in [1.807, 2.05) is 98.8 Å². The van der Waals surface area contributed by atoms with Crippen molar-refractivity contribution in [2.45, 2.75) is 83.1 Å². The number of carbonyl (C=O) groups is 3. The second-order valence-electron chi connectivity index (χ2n) is 12.4. The zero-order chi connectivity index (χ0) is 33.1. The van der Waals surface area contributed by atoms with Crippen molar-refractivity contribution in [3.8, 4) is 0 Å². The number of halogens is 1. The number of aliphatic hydroxyl groups is 1. The van der Waals surface area contributed by atoms with Crippen LogP contribution in [-0.4, -0.2) is 64.5 Å². The van der Waals surface area contributed by atoms with Crippen molar-refractivity contribution in [3.05, 3.63) is 107 Å². The highest BCUT2D eigenvalue weighted by atomic mass is 35.5. The van der Waals surface area contributed by atoms with E-state index in [9.17, 15) is 19.5 Å².